The lowest BCUT2D eigenvalue weighted by Gasteiger charge is -2.38. The molecule has 3 fully saturated rings. The predicted molar refractivity (Wildman–Crippen MR) is 149 cm³/mol. The van der Waals surface area contributed by atoms with E-state index >= 15 is 0 Å². The number of rotatable bonds is 8. The minimum Gasteiger partial charge on any atom is -0.349 e. The number of hydrogen-bond acceptors (Lipinski definition) is 3. The van der Waals surface area contributed by atoms with Crippen LogP contribution in [0.2, 0.25) is 5.02 Å². The van der Waals surface area contributed by atoms with Crippen LogP contribution in [0.1, 0.15) is 55.7 Å². The first-order valence-electron chi connectivity index (χ1n) is 12.7. The van der Waals surface area contributed by atoms with Crippen LogP contribution in [-0.2, 0) is 16.1 Å². The number of amides is 2. The second-order valence-electron chi connectivity index (χ2n) is 10.4. The molecule has 1 N–H and O–H groups in total. The average molecular weight is 595 g/mol. The first-order chi connectivity index (χ1) is 16.9. The van der Waals surface area contributed by atoms with E-state index in [2.05, 4.69) is 38.3 Å². The maximum Gasteiger partial charge on any atom is 0.229 e. The molecule has 1 saturated carbocycles. The van der Waals surface area contributed by atoms with Crippen LogP contribution in [0.3, 0.4) is 0 Å². The molecule has 0 aromatic heterocycles. The van der Waals surface area contributed by atoms with E-state index < -0.39 is 0 Å². The third-order valence-electron chi connectivity index (χ3n) is 7.97. The molecule has 5 nitrogen and oxygen atoms in total. The molecule has 1 atom stereocenters. The second-order valence-corrected chi connectivity index (χ2v) is 11.8. The van der Waals surface area contributed by atoms with E-state index in [9.17, 15) is 9.59 Å². The summed E-state index contributed by atoms with van der Waals surface area (Å²) in [7, 11) is 0. The first kappa shape index (κ1) is 27.4. The number of benzene rings is 2. The van der Waals surface area contributed by atoms with Gasteiger partial charge in [0.05, 0.1) is 11.5 Å². The SMILES string of the molecule is Cl.O=C(NC(CCN1CCC2(CC1)CCN(Cc1ccc(Br)cc1)C2=O)c1ccc(Cl)cc1)C1CC1. The fourth-order valence-electron chi connectivity index (χ4n) is 5.49. The zero-order chi connectivity index (χ0) is 24.4. The van der Waals surface area contributed by atoms with Gasteiger partial charge in [0, 0.05) is 35.0 Å². The molecule has 1 spiro atoms. The van der Waals surface area contributed by atoms with E-state index in [4.69, 9.17) is 11.6 Å². The van der Waals surface area contributed by atoms with Crippen LogP contribution in [0.5, 0.6) is 0 Å². The van der Waals surface area contributed by atoms with Crippen molar-refractivity contribution in [3.63, 3.8) is 0 Å². The molecule has 2 aliphatic heterocycles. The number of nitrogens with one attached hydrogen (secondary N) is 1. The lowest BCUT2D eigenvalue weighted by atomic mass is 9.77. The summed E-state index contributed by atoms with van der Waals surface area (Å²) < 4.78 is 1.06. The molecular weight excluding hydrogens is 561 g/mol. The van der Waals surface area contributed by atoms with Gasteiger partial charge in [0.2, 0.25) is 11.8 Å². The number of carbonyl (C=O) groups is 2. The van der Waals surface area contributed by atoms with Gasteiger partial charge in [-0.15, -0.1) is 12.4 Å². The van der Waals surface area contributed by atoms with Gasteiger partial charge in [-0.25, -0.2) is 0 Å². The largest absolute Gasteiger partial charge is 0.349 e. The quantitative estimate of drug-likeness (QED) is 0.408. The van der Waals surface area contributed by atoms with Crippen LogP contribution in [0.25, 0.3) is 0 Å². The zero-order valence-electron chi connectivity index (χ0n) is 20.4. The lowest BCUT2D eigenvalue weighted by Crippen LogP contribution is -2.45. The molecule has 194 valence electrons. The Balaban J connectivity index is 0.00000304. The van der Waals surface area contributed by atoms with Crippen LogP contribution in [-0.4, -0.2) is 47.8 Å². The molecule has 8 heteroatoms. The highest BCUT2D eigenvalue weighted by Crippen LogP contribution is 2.42. The van der Waals surface area contributed by atoms with Gasteiger partial charge in [-0.1, -0.05) is 51.8 Å². The van der Waals surface area contributed by atoms with Crippen molar-refractivity contribution in [3.05, 3.63) is 69.2 Å². The Morgan fingerprint density at radius 2 is 1.67 bits per heavy atom. The van der Waals surface area contributed by atoms with Gasteiger partial charge in [-0.2, -0.15) is 0 Å². The minimum absolute atomic E-state index is 0. The van der Waals surface area contributed by atoms with Crippen molar-refractivity contribution in [1.29, 1.82) is 0 Å². The maximum atomic E-state index is 13.4. The molecule has 1 aliphatic carbocycles. The van der Waals surface area contributed by atoms with Crippen molar-refractivity contribution in [1.82, 2.24) is 15.1 Å². The summed E-state index contributed by atoms with van der Waals surface area (Å²) in [5, 5.41) is 3.98. The van der Waals surface area contributed by atoms with Gasteiger partial charge >= 0.3 is 0 Å². The summed E-state index contributed by atoms with van der Waals surface area (Å²) in [6.45, 7) is 4.32. The Morgan fingerprint density at radius 3 is 2.31 bits per heavy atom. The molecule has 5 rings (SSSR count). The predicted octanol–water partition coefficient (Wildman–Crippen LogP) is 6.00. The maximum absolute atomic E-state index is 13.4. The monoisotopic (exact) mass is 593 g/mol. The van der Waals surface area contributed by atoms with E-state index in [0.717, 1.165) is 74.7 Å². The number of piperidine rings is 1. The van der Waals surface area contributed by atoms with E-state index in [1.807, 2.05) is 41.3 Å². The summed E-state index contributed by atoms with van der Waals surface area (Å²) in [5.41, 5.74) is 2.09. The van der Waals surface area contributed by atoms with Crippen molar-refractivity contribution in [3.8, 4) is 0 Å². The van der Waals surface area contributed by atoms with Gasteiger partial charge in [-0.05, 0) is 87.0 Å². The van der Waals surface area contributed by atoms with E-state index in [1.165, 1.54) is 5.56 Å². The molecule has 0 bridgehead atoms. The van der Waals surface area contributed by atoms with E-state index in [1.54, 1.807) is 0 Å². The van der Waals surface area contributed by atoms with Crippen LogP contribution in [0, 0.1) is 11.3 Å². The summed E-state index contributed by atoms with van der Waals surface area (Å²) in [6.07, 6.45) is 5.66. The molecule has 0 radical (unpaired) electrons. The normalized spacial score (nSPS) is 20.3. The minimum atomic E-state index is -0.193. The van der Waals surface area contributed by atoms with E-state index in [0.29, 0.717) is 17.5 Å². The van der Waals surface area contributed by atoms with Crippen molar-refractivity contribution < 1.29 is 9.59 Å². The second kappa shape index (κ2) is 11.8. The molecule has 2 aromatic carbocycles. The lowest BCUT2D eigenvalue weighted by molar-refractivity contribution is -0.139. The number of halogens is 3. The van der Waals surface area contributed by atoms with Gasteiger partial charge in [0.1, 0.15) is 0 Å². The highest BCUT2D eigenvalue weighted by molar-refractivity contribution is 9.10. The third kappa shape index (κ3) is 6.45. The zero-order valence-corrected chi connectivity index (χ0v) is 23.6. The van der Waals surface area contributed by atoms with Gasteiger partial charge < -0.3 is 15.1 Å². The average Bonchev–Trinajstić information content (AvgIpc) is 3.68. The molecule has 36 heavy (non-hydrogen) atoms. The summed E-state index contributed by atoms with van der Waals surface area (Å²) in [6, 6.07) is 16.1. The molecule has 2 amide bonds. The van der Waals surface area contributed by atoms with Gasteiger partial charge in [-0.3, -0.25) is 9.59 Å². The molecular formula is C28H34BrCl2N3O2. The smallest absolute Gasteiger partial charge is 0.229 e. The fourth-order valence-corrected chi connectivity index (χ4v) is 5.88. The van der Waals surface area contributed by atoms with Crippen LogP contribution < -0.4 is 5.32 Å². The van der Waals surface area contributed by atoms with Crippen LogP contribution in [0.15, 0.2) is 53.0 Å². The summed E-state index contributed by atoms with van der Waals surface area (Å²) in [5.74, 6) is 0.689. The molecule has 2 heterocycles. The first-order valence-corrected chi connectivity index (χ1v) is 13.9. The number of hydrogen-bond donors (Lipinski definition) is 1. The molecule has 1 unspecified atom stereocenters. The standard InChI is InChI=1S/C28H33BrClN3O2.ClH/c29-23-7-1-20(2-8-23)19-33-18-14-28(27(33)35)12-16-32(17-13-28)15-11-25(31-26(34)22-3-4-22)21-5-9-24(30)10-6-21;/h1-2,5-10,22,25H,3-4,11-19H2,(H,31,34);1H. The Morgan fingerprint density at radius 1 is 1.03 bits per heavy atom. The summed E-state index contributed by atoms with van der Waals surface area (Å²) >= 11 is 9.57. The van der Waals surface area contributed by atoms with Crippen LogP contribution in [0.4, 0.5) is 0 Å². The highest BCUT2D eigenvalue weighted by atomic mass is 79.9. The van der Waals surface area contributed by atoms with Gasteiger partial charge in [0.15, 0.2) is 0 Å². The number of nitrogens with zero attached hydrogens (tertiary/aromatic N) is 2. The molecule has 2 aromatic rings. The third-order valence-corrected chi connectivity index (χ3v) is 8.75. The van der Waals surface area contributed by atoms with Crippen molar-refractivity contribution in [2.24, 2.45) is 11.3 Å². The fraction of sp³-hybridized carbons (Fsp3) is 0.500. The highest BCUT2D eigenvalue weighted by Gasteiger charge is 2.47. The van der Waals surface area contributed by atoms with E-state index in [-0.39, 0.29) is 35.7 Å². The molecule has 2 saturated heterocycles. The van der Waals surface area contributed by atoms with Crippen molar-refractivity contribution in [2.45, 2.75) is 51.1 Å². The van der Waals surface area contributed by atoms with Gasteiger partial charge in [0.25, 0.3) is 0 Å². The Kier molecular flexibility index (Phi) is 9.03. The summed E-state index contributed by atoms with van der Waals surface area (Å²) in [4.78, 5) is 30.4. The van der Waals surface area contributed by atoms with Crippen LogP contribution >= 0.6 is 39.9 Å². The number of likely N-dealkylation sites (tertiary alicyclic amines) is 2. The Labute approximate surface area is 233 Å². The van der Waals surface area contributed by atoms with Crippen molar-refractivity contribution in [2.75, 3.05) is 26.2 Å². The Bertz CT molecular complexity index is 1050. The Hall–Kier alpha value is -1.60. The van der Waals surface area contributed by atoms with Crippen molar-refractivity contribution >= 4 is 51.8 Å². The molecule has 3 aliphatic rings. The number of carbonyl (C=O) groups excluding carboxylic acids is 2. The topological polar surface area (TPSA) is 52.7 Å².